The molecule has 2 aromatic heterocycles. The molecule has 0 saturated heterocycles. The van der Waals surface area contributed by atoms with Crippen molar-refractivity contribution in [3.05, 3.63) is 24.5 Å². The van der Waals surface area contributed by atoms with Gasteiger partial charge < -0.3 is 5.32 Å². The summed E-state index contributed by atoms with van der Waals surface area (Å²) in [6, 6.07) is 3.80. The molecule has 0 atom stereocenters. The summed E-state index contributed by atoms with van der Waals surface area (Å²) in [5.74, 6) is 1.42. The fourth-order valence-corrected chi connectivity index (χ4v) is 1.22. The lowest BCUT2D eigenvalue weighted by Crippen LogP contribution is -1.98. The maximum Gasteiger partial charge on any atom is 0.221 e. The predicted molar refractivity (Wildman–Crippen MR) is 53.8 cm³/mol. The van der Waals surface area contributed by atoms with E-state index in [0.29, 0.717) is 5.82 Å². The van der Waals surface area contributed by atoms with Gasteiger partial charge in [0.2, 0.25) is 5.95 Å². The van der Waals surface area contributed by atoms with Gasteiger partial charge >= 0.3 is 0 Å². The lowest BCUT2D eigenvalue weighted by atomic mass is 10.3. The van der Waals surface area contributed by atoms with E-state index in [0.717, 1.165) is 11.5 Å². The molecule has 1 N–H and O–H groups in total. The molecule has 5 nitrogen and oxygen atoms in total. The zero-order valence-electron chi connectivity index (χ0n) is 8.10. The Morgan fingerprint density at radius 2 is 2.29 bits per heavy atom. The predicted octanol–water partition coefficient (Wildman–Crippen LogP) is 0.919. The first kappa shape index (κ1) is 8.68. The maximum absolute atomic E-state index is 4.30. The Hall–Kier alpha value is -1.91. The van der Waals surface area contributed by atoms with Crippen LogP contribution >= 0.6 is 0 Å². The van der Waals surface area contributed by atoms with Crippen LogP contribution in [0.15, 0.2) is 24.5 Å². The normalized spacial score (nSPS) is 10.1. The molecule has 0 amide bonds. The largest absolute Gasteiger partial charge is 0.357 e. The Bertz CT molecular complexity index is 420. The summed E-state index contributed by atoms with van der Waals surface area (Å²) in [7, 11) is 3.66. The van der Waals surface area contributed by atoms with Crippen molar-refractivity contribution in [3.8, 4) is 11.4 Å². The quantitative estimate of drug-likeness (QED) is 0.763. The van der Waals surface area contributed by atoms with Gasteiger partial charge in [-0.15, -0.1) is 5.10 Å². The third-order valence-electron chi connectivity index (χ3n) is 1.91. The van der Waals surface area contributed by atoms with E-state index in [1.165, 1.54) is 0 Å². The molecule has 0 spiro atoms. The average Bonchev–Trinajstić information content (AvgIpc) is 2.61. The van der Waals surface area contributed by atoms with E-state index in [1.54, 1.807) is 17.1 Å². The monoisotopic (exact) mass is 189 g/mol. The van der Waals surface area contributed by atoms with Crippen LogP contribution in [-0.4, -0.2) is 26.8 Å². The first-order chi connectivity index (χ1) is 6.81. The van der Waals surface area contributed by atoms with E-state index < -0.39 is 0 Å². The summed E-state index contributed by atoms with van der Waals surface area (Å²) in [4.78, 5) is 8.32. The molecule has 0 saturated carbocycles. The number of anilines is 1. The van der Waals surface area contributed by atoms with Crippen LogP contribution in [0.25, 0.3) is 11.4 Å². The zero-order chi connectivity index (χ0) is 9.97. The second-order valence-corrected chi connectivity index (χ2v) is 2.87. The van der Waals surface area contributed by atoms with Crippen molar-refractivity contribution >= 4 is 5.95 Å². The van der Waals surface area contributed by atoms with Gasteiger partial charge in [-0.1, -0.05) is 0 Å². The molecule has 0 fully saturated rings. The smallest absolute Gasteiger partial charge is 0.221 e. The van der Waals surface area contributed by atoms with Crippen LogP contribution in [-0.2, 0) is 7.05 Å². The molecule has 2 rings (SSSR count). The van der Waals surface area contributed by atoms with Gasteiger partial charge in [-0.05, 0) is 12.1 Å². The fourth-order valence-electron chi connectivity index (χ4n) is 1.22. The Kier molecular flexibility index (Phi) is 2.14. The number of hydrogen-bond donors (Lipinski definition) is 1. The van der Waals surface area contributed by atoms with E-state index in [1.807, 2.05) is 26.2 Å². The van der Waals surface area contributed by atoms with E-state index in [4.69, 9.17) is 0 Å². The number of nitrogens with one attached hydrogen (secondary N) is 1. The first-order valence-corrected chi connectivity index (χ1v) is 4.30. The van der Waals surface area contributed by atoms with Crippen molar-refractivity contribution in [2.75, 3.05) is 12.4 Å². The van der Waals surface area contributed by atoms with E-state index >= 15 is 0 Å². The fraction of sp³-hybridized carbons (Fsp3) is 0.222. The Morgan fingerprint density at radius 3 is 2.86 bits per heavy atom. The van der Waals surface area contributed by atoms with E-state index in [2.05, 4.69) is 20.4 Å². The van der Waals surface area contributed by atoms with E-state index in [9.17, 15) is 0 Å². The van der Waals surface area contributed by atoms with Gasteiger partial charge in [-0.3, -0.25) is 4.98 Å². The van der Waals surface area contributed by atoms with Gasteiger partial charge in [-0.2, -0.15) is 4.98 Å². The highest BCUT2D eigenvalue weighted by atomic mass is 15.4. The molecule has 0 aliphatic rings. The summed E-state index contributed by atoms with van der Waals surface area (Å²) in [6.07, 6.45) is 3.47. The summed E-state index contributed by atoms with van der Waals surface area (Å²) in [5, 5.41) is 7.21. The lowest BCUT2D eigenvalue weighted by Gasteiger charge is -1.93. The van der Waals surface area contributed by atoms with Crippen LogP contribution in [0.4, 0.5) is 5.95 Å². The number of rotatable bonds is 2. The molecule has 0 bridgehead atoms. The van der Waals surface area contributed by atoms with Gasteiger partial charge in [0.25, 0.3) is 0 Å². The van der Waals surface area contributed by atoms with Crippen molar-refractivity contribution in [3.63, 3.8) is 0 Å². The third kappa shape index (κ3) is 1.44. The Morgan fingerprint density at radius 1 is 1.43 bits per heavy atom. The summed E-state index contributed by atoms with van der Waals surface area (Å²) in [5.41, 5.74) is 0.921. The second kappa shape index (κ2) is 3.45. The van der Waals surface area contributed by atoms with Gasteiger partial charge in [-0.25, -0.2) is 4.68 Å². The Labute approximate surface area is 81.8 Å². The molecular weight excluding hydrogens is 178 g/mol. The molecule has 14 heavy (non-hydrogen) atoms. The molecule has 5 heteroatoms. The van der Waals surface area contributed by atoms with Crippen LogP contribution in [0.5, 0.6) is 0 Å². The highest BCUT2D eigenvalue weighted by molar-refractivity contribution is 5.54. The lowest BCUT2D eigenvalue weighted by molar-refractivity contribution is 0.776. The number of nitrogens with zero attached hydrogens (tertiary/aromatic N) is 4. The second-order valence-electron chi connectivity index (χ2n) is 2.87. The van der Waals surface area contributed by atoms with Crippen molar-refractivity contribution < 1.29 is 0 Å². The molecule has 0 radical (unpaired) electrons. The van der Waals surface area contributed by atoms with Gasteiger partial charge in [0.05, 0.1) is 0 Å². The SMILES string of the molecule is CNc1nc(-c2cccnc2)nn1C. The van der Waals surface area contributed by atoms with Crippen LogP contribution in [0.2, 0.25) is 0 Å². The van der Waals surface area contributed by atoms with Gasteiger partial charge in [0.1, 0.15) is 0 Å². The number of hydrogen-bond acceptors (Lipinski definition) is 4. The van der Waals surface area contributed by atoms with Gasteiger partial charge in [0, 0.05) is 32.1 Å². The van der Waals surface area contributed by atoms with Crippen molar-refractivity contribution in [2.24, 2.45) is 7.05 Å². The molecule has 2 aromatic rings. The summed E-state index contributed by atoms with van der Waals surface area (Å²) >= 11 is 0. The highest BCUT2D eigenvalue weighted by Gasteiger charge is 2.06. The van der Waals surface area contributed by atoms with Crippen molar-refractivity contribution in [2.45, 2.75) is 0 Å². The topological polar surface area (TPSA) is 55.6 Å². The molecule has 2 heterocycles. The van der Waals surface area contributed by atoms with Crippen LogP contribution in [0.3, 0.4) is 0 Å². The minimum Gasteiger partial charge on any atom is -0.357 e. The number of pyridine rings is 1. The average molecular weight is 189 g/mol. The molecule has 72 valence electrons. The Balaban J connectivity index is 2.43. The minimum atomic E-state index is 0.685. The zero-order valence-corrected chi connectivity index (χ0v) is 8.10. The molecule has 0 aromatic carbocycles. The van der Waals surface area contributed by atoms with Crippen molar-refractivity contribution in [1.29, 1.82) is 0 Å². The van der Waals surface area contributed by atoms with Crippen LogP contribution in [0.1, 0.15) is 0 Å². The van der Waals surface area contributed by atoms with E-state index in [-0.39, 0.29) is 0 Å². The maximum atomic E-state index is 4.30. The number of aromatic nitrogens is 4. The summed E-state index contributed by atoms with van der Waals surface area (Å²) in [6.45, 7) is 0. The standard InChI is InChI=1S/C9H11N5/c1-10-9-12-8(13-14(9)2)7-4-3-5-11-6-7/h3-6H,1-2H3,(H,10,12,13). The van der Waals surface area contributed by atoms with Crippen LogP contribution < -0.4 is 5.32 Å². The first-order valence-electron chi connectivity index (χ1n) is 4.30. The van der Waals surface area contributed by atoms with Crippen LogP contribution in [0, 0.1) is 0 Å². The minimum absolute atomic E-state index is 0.685. The molecule has 0 unspecified atom stereocenters. The molecular formula is C9H11N5. The summed E-state index contributed by atoms with van der Waals surface area (Å²) < 4.78 is 1.70. The third-order valence-corrected chi connectivity index (χ3v) is 1.91. The number of aryl methyl sites for hydroxylation is 1. The van der Waals surface area contributed by atoms with Gasteiger partial charge in [0.15, 0.2) is 5.82 Å². The highest BCUT2D eigenvalue weighted by Crippen LogP contribution is 2.14. The van der Waals surface area contributed by atoms with Crippen molar-refractivity contribution in [1.82, 2.24) is 19.7 Å². The molecule has 0 aliphatic carbocycles. The molecule has 0 aliphatic heterocycles.